The number of aromatic nitrogens is 2. The number of nitrogens with one attached hydrogen (secondary N) is 1. The van der Waals surface area contributed by atoms with Crippen LogP contribution in [0.5, 0.6) is 0 Å². The number of nitrogens with two attached hydrogens (primary N) is 1. The van der Waals surface area contributed by atoms with Crippen LogP contribution in [0.2, 0.25) is 0 Å². The van der Waals surface area contributed by atoms with Gasteiger partial charge in [0.15, 0.2) is 24.0 Å². The van der Waals surface area contributed by atoms with Crippen molar-refractivity contribution < 1.29 is 12.7 Å². The van der Waals surface area contributed by atoms with Gasteiger partial charge in [-0.3, -0.25) is 0 Å². The van der Waals surface area contributed by atoms with Crippen molar-refractivity contribution >= 4 is 29.4 Å². The first-order valence-corrected chi connectivity index (χ1v) is 9.19. The van der Waals surface area contributed by atoms with Crippen LogP contribution in [0, 0.1) is 30.4 Å². The fourth-order valence-electron chi connectivity index (χ4n) is 3.75. The van der Waals surface area contributed by atoms with Gasteiger partial charge in [-0.15, -0.1) is 3.89 Å². The normalized spacial score (nSPS) is 21.3. The summed E-state index contributed by atoms with van der Waals surface area (Å²) in [6, 6.07) is 1.36. The Labute approximate surface area is 154 Å². The Morgan fingerprint density at radius 2 is 2.08 bits per heavy atom. The van der Waals surface area contributed by atoms with E-state index in [-0.39, 0.29) is 23.6 Å². The molecule has 1 aromatic carbocycles. The van der Waals surface area contributed by atoms with E-state index >= 15 is 0 Å². The highest BCUT2D eigenvalue weighted by atomic mass is 32.2. The molecular weight excluding hydrogens is 361 g/mol. The zero-order chi connectivity index (χ0) is 18.6. The summed E-state index contributed by atoms with van der Waals surface area (Å²) in [5.74, 6) is -0.753. The van der Waals surface area contributed by atoms with Gasteiger partial charge < -0.3 is 11.1 Å². The maximum Gasteiger partial charge on any atom is 0.187 e. The van der Waals surface area contributed by atoms with Crippen LogP contribution in [0.15, 0.2) is 12.1 Å². The van der Waals surface area contributed by atoms with Crippen molar-refractivity contribution in [2.24, 2.45) is 11.8 Å². The summed E-state index contributed by atoms with van der Waals surface area (Å²) in [6.07, 6.45) is 4.67. The number of nitrogens with zero attached hydrogens (tertiary/aromatic N) is 2. The first-order valence-electron chi connectivity index (χ1n) is 8.52. The van der Waals surface area contributed by atoms with Crippen molar-refractivity contribution in [2.75, 3.05) is 11.1 Å². The minimum absolute atomic E-state index is 0.0900. The molecule has 0 aliphatic heterocycles. The molecule has 1 heterocycles. The van der Waals surface area contributed by atoms with Crippen LogP contribution in [0.4, 0.5) is 24.0 Å². The van der Waals surface area contributed by atoms with Crippen molar-refractivity contribution in [3.8, 4) is 0 Å². The van der Waals surface area contributed by atoms with Gasteiger partial charge in [0.2, 0.25) is 0 Å². The predicted molar refractivity (Wildman–Crippen MR) is 98.1 cm³/mol. The molecule has 3 N–H and O–H groups in total. The van der Waals surface area contributed by atoms with Crippen molar-refractivity contribution in [3.63, 3.8) is 0 Å². The number of benzene rings is 1. The lowest BCUT2D eigenvalue weighted by atomic mass is 9.95. The molecule has 2 unspecified atom stereocenters. The van der Waals surface area contributed by atoms with E-state index in [1.54, 1.807) is 6.08 Å². The van der Waals surface area contributed by atoms with Crippen LogP contribution in [-0.4, -0.2) is 9.19 Å². The van der Waals surface area contributed by atoms with E-state index in [0.29, 0.717) is 28.9 Å². The maximum atomic E-state index is 14.0. The van der Waals surface area contributed by atoms with Crippen LogP contribution in [-0.2, 0) is 12.8 Å². The summed E-state index contributed by atoms with van der Waals surface area (Å²) in [4.78, 5) is 0. The quantitative estimate of drug-likeness (QED) is 0.759. The summed E-state index contributed by atoms with van der Waals surface area (Å²) in [7, 11) is 0. The number of allylic oxidation sites excluding steroid dienone is 1. The molecule has 2 aliphatic rings. The van der Waals surface area contributed by atoms with Gasteiger partial charge in [-0.1, -0.05) is 6.08 Å². The topological polar surface area (TPSA) is 55.9 Å². The van der Waals surface area contributed by atoms with Crippen molar-refractivity contribution in [2.45, 2.75) is 33.1 Å². The Morgan fingerprint density at radius 3 is 2.77 bits per heavy atom. The minimum atomic E-state index is -1.05. The molecule has 4 rings (SSSR count). The van der Waals surface area contributed by atoms with Gasteiger partial charge in [-0.25, -0.2) is 8.78 Å². The Hall–Kier alpha value is -2.09. The second-order valence-corrected chi connectivity index (χ2v) is 7.46. The maximum absolute atomic E-state index is 14.0. The van der Waals surface area contributed by atoms with E-state index in [1.165, 1.54) is 23.5 Å². The first-order chi connectivity index (χ1) is 12.4. The Morgan fingerprint density at radius 1 is 1.35 bits per heavy atom. The fourth-order valence-corrected chi connectivity index (χ4v) is 4.13. The van der Waals surface area contributed by atoms with Gasteiger partial charge in [-0.05, 0) is 51.0 Å². The molecule has 1 saturated carbocycles. The minimum Gasteiger partial charge on any atom is -0.396 e. The van der Waals surface area contributed by atoms with Crippen molar-refractivity contribution in [3.05, 3.63) is 46.3 Å². The first kappa shape index (κ1) is 17.3. The third kappa shape index (κ3) is 2.67. The summed E-state index contributed by atoms with van der Waals surface area (Å²) in [6.45, 7) is 3.30. The Bertz CT molecular complexity index is 922. The molecular formula is C18H19F3N4S. The predicted octanol–water partition coefficient (Wildman–Crippen LogP) is 4.64. The van der Waals surface area contributed by atoms with E-state index in [1.807, 2.05) is 6.92 Å². The van der Waals surface area contributed by atoms with E-state index in [2.05, 4.69) is 10.4 Å². The van der Waals surface area contributed by atoms with E-state index < -0.39 is 11.6 Å². The van der Waals surface area contributed by atoms with Crippen LogP contribution >= 0.6 is 12.3 Å². The van der Waals surface area contributed by atoms with E-state index in [9.17, 15) is 12.7 Å². The number of anilines is 2. The molecule has 0 spiro atoms. The molecule has 26 heavy (non-hydrogen) atoms. The van der Waals surface area contributed by atoms with Crippen molar-refractivity contribution in [1.29, 1.82) is 0 Å². The molecule has 2 atom stereocenters. The molecule has 138 valence electrons. The summed E-state index contributed by atoms with van der Waals surface area (Å²) >= 11 is 0.0900. The van der Waals surface area contributed by atoms with Crippen LogP contribution < -0.4 is 11.1 Å². The Kier molecular flexibility index (Phi) is 4.17. The molecule has 4 nitrogen and oxygen atoms in total. The summed E-state index contributed by atoms with van der Waals surface area (Å²) in [5, 5.41) is 7.50. The molecule has 0 amide bonds. The number of rotatable bonds is 4. The number of nitrogen functional groups attached to an aromatic ring is 1. The highest BCUT2D eigenvalue weighted by Gasteiger charge is 2.44. The monoisotopic (exact) mass is 380 g/mol. The second-order valence-electron chi connectivity index (χ2n) is 6.97. The third-order valence-corrected chi connectivity index (χ3v) is 5.84. The van der Waals surface area contributed by atoms with Gasteiger partial charge in [0.05, 0.1) is 17.1 Å². The van der Waals surface area contributed by atoms with E-state index in [4.69, 9.17) is 5.73 Å². The standard InChI is InChI=1S/C18H19F3N4S/c1-3-13(23-14-7-12(22)17(20)16(19)8(14)2)18-11-5-9-4-10(9)6-15(11)25(24-18)26-21/h3,7,9-10,23H,4-6,22H2,1-2H3/b13-3-. The van der Waals surface area contributed by atoms with E-state index in [0.717, 1.165) is 24.1 Å². The van der Waals surface area contributed by atoms with Crippen LogP contribution in [0.1, 0.15) is 35.9 Å². The molecule has 2 aromatic rings. The number of hydrogen-bond donors (Lipinski definition) is 2. The molecule has 2 aliphatic carbocycles. The SMILES string of the molecule is C/C=C(\Nc1cc(N)c(F)c(F)c1C)c1nn(SF)c2c1CC1CC1C2. The average molecular weight is 380 g/mol. The lowest BCUT2D eigenvalue weighted by Crippen LogP contribution is -2.10. The van der Waals surface area contributed by atoms with Gasteiger partial charge in [0.1, 0.15) is 5.69 Å². The van der Waals surface area contributed by atoms with Gasteiger partial charge in [0, 0.05) is 16.8 Å². The lowest BCUT2D eigenvalue weighted by molar-refractivity contribution is 0.507. The highest BCUT2D eigenvalue weighted by molar-refractivity contribution is 7.92. The largest absolute Gasteiger partial charge is 0.396 e. The average Bonchev–Trinajstić information content (AvgIpc) is 3.32. The molecule has 8 heteroatoms. The van der Waals surface area contributed by atoms with Gasteiger partial charge >= 0.3 is 0 Å². The van der Waals surface area contributed by atoms with Crippen molar-refractivity contribution in [1.82, 2.24) is 9.19 Å². The lowest BCUT2D eigenvalue weighted by Gasteiger charge is -2.16. The molecule has 0 bridgehead atoms. The molecule has 1 aromatic heterocycles. The zero-order valence-electron chi connectivity index (χ0n) is 14.4. The van der Waals surface area contributed by atoms with Gasteiger partial charge in [0.25, 0.3) is 0 Å². The number of hydrogen-bond acceptors (Lipinski definition) is 4. The third-order valence-electron chi connectivity index (χ3n) is 5.40. The molecule has 1 fully saturated rings. The second kappa shape index (κ2) is 6.26. The van der Waals surface area contributed by atoms with Crippen LogP contribution in [0.3, 0.4) is 0 Å². The highest BCUT2D eigenvalue weighted by Crippen LogP contribution is 2.49. The smallest absolute Gasteiger partial charge is 0.187 e. The summed E-state index contributed by atoms with van der Waals surface area (Å²) in [5.41, 5.74) is 9.01. The van der Waals surface area contributed by atoms with Crippen LogP contribution in [0.25, 0.3) is 5.70 Å². The molecule has 0 saturated heterocycles. The van der Waals surface area contributed by atoms with Gasteiger partial charge in [-0.2, -0.15) is 9.19 Å². The number of halogens is 3. The molecule has 0 radical (unpaired) electrons. The number of fused-ring (bicyclic) bond motifs is 2. The Balaban J connectivity index is 1.73. The fraction of sp³-hybridized carbons (Fsp3) is 0.389. The summed E-state index contributed by atoms with van der Waals surface area (Å²) < 4.78 is 42.3. The zero-order valence-corrected chi connectivity index (χ0v) is 15.3.